The number of amides is 2. The summed E-state index contributed by atoms with van der Waals surface area (Å²) in [5, 5.41) is 1.29. The van der Waals surface area contributed by atoms with Crippen molar-refractivity contribution in [3.63, 3.8) is 0 Å². The summed E-state index contributed by atoms with van der Waals surface area (Å²) >= 11 is 0. The minimum Gasteiger partial charge on any atom is -0.346 e. The molecule has 2 heterocycles. The molecule has 2 aromatic rings. The zero-order chi connectivity index (χ0) is 20.9. The molecule has 29 heavy (non-hydrogen) atoms. The molecule has 0 radical (unpaired) electrons. The molecule has 2 amide bonds. The van der Waals surface area contributed by atoms with Crippen molar-refractivity contribution in [3.8, 4) is 0 Å². The van der Waals surface area contributed by atoms with Gasteiger partial charge in [0.15, 0.2) is 9.84 Å². The largest absolute Gasteiger partial charge is 0.346 e. The van der Waals surface area contributed by atoms with Gasteiger partial charge in [-0.2, -0.15) is 0 Å². The van der Waals surface area contributed by atoms with Crippen LogP contribution < -0.4 is 5.32 Å². The molecule has 1 atom stereocenters. The van der Waals surface area contributed by atoms with E-state index in [-0.39, 0.29) is 11.4 Å². The van der Waals surface area contributed by atoms with Crippen LogP contribution >= 0.6 is 0 Å². The van der Waals surface area contributed by atoms with Gasteiger partial charge in [-0.25, -0.2) is 12.8 Å². The number of nitrogens with one attached hydrogen (secondary N) is 1. The van der Waals surface area contributed by atoms with E-state index in [9.17, 15) is 22.4 Å². The van der Waals surface area contributed by atoms with Gasteiger partial charge in [0, 0.05) is 32.0 Å². The van der Waals surface area contributed by atoms with E-state index in [4.69, 9.17) is 0 Å². The third-order valence-electron chi connectivity index (χ3n) is 4.86. The monoisotopic (exact) mass is 419 g/mol. The molecule has 1 aromatic heterocycles. The SMILES string of the molecule is O=C(NC[C@H](c1cccnc1)S(=O)(=O)c1ccc(F)cc1)C(=O)N1CCCCC1. The Morgan fingerprint density at radius 1 is 1.10 bits per heavy atom. The lowest BCUT2D eigenvalue weighted by atomic mass is 10.1. The van der Waals surface area contributed by atoms with E-state index in [1.54, 1.807) is 12.1 Å². The van der Waals surface area contributed by atoms with Crippen LogP contribution in [0, 0.1) is 5.82 Å². The lowest BCUT2D eigenvalue weighted by Crippen LogP contribution is -2.46. The van der Waals surface area contributed by atoms with E-state index in [1.807, 2.05) is 0 Å². The lowest BCUT2D eigenvalue weighted by molar-refractivity contribution is -0.146. The average molecular weight is 419 g/mol. The molecule has 9 heteroatoms. The van der Waals surface area contributed by atoms with Crippen LogP contribution in [0.4, 0.5) is 4.39 Å². The molecule has 1 aromatic carbocycles. The quantitative estimate of drug-likeness (QED) is 0.590. The zero-order valence-corrected chi connectivity index (χ0v) is 16.6. The van der Waals surface area contributed by atoms with Gasteiger partial charge in [0.2, 0.25) is 0 Å². The van der Waals surface area contributed by atoms with Crippen LogP contribution in [0.5, 0.6) is 0 Å². The average Bonchev–Trinajstić information content (AvgIpc) is 2.74. The maximum absolute atomic E-state index is 13.2. The molecule has 0 spiro atoms. The minimum absolute atomic E-state index is 0.0793. The smallest absolute Gasteiger partial charge is 0.311 e. The Balaban J connectivity index is 1.80. The van der Waals surface area contributed by atoms with Crippen LogP contribution in [0.2, 0.25) is 0 Å². The minimum atomic E-state index is -3.96. The molecule has 1 aliphatic rings. The predicted octanol–water partition coefficient (Wildman–Crippen LogP) is 1.86. The summed E-state index contributed by atoms with van der Waals surface area (Å²) < 4.78 is 39.5. The van der Waals surface area contributed by atoms with Crippen molar-refractivity contribution < 1.29 is 22.4 Å². The van der Waals surface area contributed by atoms with Gasteiger partial charge in [0.25, 0.3) is 0 Å². The van der Waals surface area contributed by atoms with E-state index in [0.717, 1.165) is 31.4 Å². The number of aromatic nitrogens is 1. The molecular formula is C20H22FN3O4S. The number of carbonyl (C=O) groups excluding carboxylic acids is 2. The van der Waals surface area contributed by atoms with Crippen LogP contribution in [0.1, 0.15) is 30.1 Å². The topological polar surface area (TPSA) is 96.4 Å². The van der Waals surface area contributed by atoms with E-state index >= 15 is 0 Å². The Morgan fingerprint density at radius 2 is 1.79 bits per heavy atom. The summed E-state index contributed by atoms with van der Waals surface area (Å²) in [6, 6.07) is 7.64. The first-order chi connectivity index (χ1) is 13.9. The molecular weight excluding hydrogens is 397 g/mol. The number of rotatable bonds is 5. The van der Waals surface area contributed by atoms with Crippen molar-refractivity contribution in [1.29, 1.82) is 0 Å². The van der Waals surface area contributed by atoms with Crippen LogP contribution in [0.3, 0.4) is 0 Å². The van der Waals surface area contributed by atoms with Crippen molar-refractivity contribution in [2.75, 3.05) is 19.6 Å². The summed E-state index contributed by atoms with van der Waals surface area (Å²) in [6.07, 6.45) is 5.60. The molecule has 0 aliphatic carbocycles. The predicted molar refractivity (Wildman–Crippen MR) is 104 cm³/mol. The number of likely N-dealkylation sites (tertiary alicyclic amines) is 1. The summed E-state index contributed by atoms with van der Waals surface area (Å²) in [5.74, 6) is -2.05. The third kappa shape index (κ3) is 4.97. The second kappa shape index (κ2) is 9.13. The molecule has 1 fully saturated rings. The van der Waals surface area contributed by atoms with Crippen LogP contribution in [-0.4, -0.2) is 49.8 Å². The number of sulfone groups is 1. The lowest BCUT2D eigenvalue weighted by Gasteiger charge is -2.26. The van der Waals surface area contributed by atoms with Gasteiger partial charge in [-0.15, -0.1) is 0 Å². The number of hydrogen-bond donors (Lipinski definition) is 1. The summed E-state index contributed by atoms with van der Waals surface area (Å²) in [4.78, 5) is 30.0. The highest BCUT2D eigenvalue weighted by atomic mass is 32.2. The van der Waals surface area contributed by atoms with Crippen molar-refractivity contribution in [1.82, 2.24) is 15.2 Å². The van der Waals surface area contributed by atoms with E-state index in [0.29, 0.717) is 18.7 Å². The standard InChI is InChI=1S/C20H22FN3O4S/c21-16-6-8-17(9-7-16)29(27,28)18(15-5-4-10-22-13-15)14-23-19(25)20(26)24-11-2-1-3-12-24/h4-10,13,18H,1-3,11-12,14H2,(H,23,25)/t18-/m1/s1. The van der Waals surface area contributed by atoms with Gasteiger partial charge < -0.3 is 10.2 Å². The maximum atomic E-state index is 13.2. The molecule has 7 nitrogen and oxygen atoms in total. The molecule has 3 rings (SSSR count). The summed E-state index contributed by atoms with van der Waals surface area (Å²) in [6.45, 7) is 0.738. The maximum Gasteiger partial charge on any atom is 0.311 e. The highest BCUT2D eigenvalue weighted by molar-refractivity contribution is 7.91. The van der Waals surface area contributed by atoms with Gasteiger partial charge in [0.1, 0.15) is 11.1 Å². The highest BCUT2D eigenvalue weighted by Gasteiger charge is 2.31. The number of benzene rings is 1. The first kappa shape index (κ1) is 20.9. The summed E-state index contributed by atoms with van der Waals surface area (Å²) in [5.41, 5.74) is 0.363. The molecule has 1 N–H and O–H groups in total. The van der Waals surface area contributed by atoms with Crippen molar-refractivity contribution >= 4 is 21.7 Å². The van der Waals surface area contributed by atoms with Crippen LogP contribution in [0.15, 0.2) is 53.7 Å². The zero-order valence-electron chi connectivity index (χ0n) is 15.8. The molecule has 1 aliphatic heterocycles. The van der Waals surface area contributed by atoms with Crippen LogP contribution in [-0.2, 0) is 19.4 Å². The number of pyridine rings is 1. The Morgan fingerprint density at radius 3 is 2.41 bits per heavy atom. The first-order valence-electron chi connectivity index (χ1n) is 9.36. The van der Waals surface area contributed by atoms with Crippen LogP contribution in [0.25, 0.3) is 0 Å². The van der Waals surface area contributed by atoms with E-state index in [1.165, 1.54) is 29.4 Å². The fraction of sp³-hybridized carbons (Fsp3) is 0.350. The van der Waals surface area contributed by atoms with Gasteiger partial charge >= 0.3 is 11.8 Å². The second-order valence-corrected chi connectivity index (χ2v) is 8.97. The van der Waals surface area contributed by atoms with E-state index in [2.05, 4.69) is 10.3 Å². The molecule has 0 saturated carbocycles. The first-order valence-corrected chi connectivity index (χ1v) is 10.9. The highest BCUT2D eigenvalue weighted by Crippen LogP contribution is 2.28. The Hall–Kier alpha value is -2.81. The van der Waals surface area contributed by atoms with Gasteiger partial charge in [-0.3, -0.25) is 14.6 Å². The number of hydrogen-bond acceptors (Lipinski definition) is 5. The fourth-order valence-electron chi connectivity index (χ4n) is 3.26. The number of nitrogens with zero attached hydrogens (tertiary/aromatic N) is 2. The second-order valence-electron chi connectivity index (χ2n) is 6.84. The van der Waals surface area contributed by atoms with Crippen molar-refractivity contribution in [3.05, 3.63) is 60.2 Å². The Kier molecular flexibility index (Phi) is 6.58. The third-order valence-corrected chi connectivity index (χ3v) is 6.98. The number of carbonyl (C=O) groups is 2. The molecule has 0 bridgehead atoms. The van der Waals surface area contributed by atoms with Crippen molar-refractivity contribution in [2.45, 2.75) is 29.4 Å². The van der Waals surface area contributed by atoms with Gasteiger partial charge in [-0.05, 0) is 55.2 Å². The number of halogens is 1. The Bertz CT molecular complexity index is 959. The van der Waals surface area contributed by atoms with Gasteiger partial charge in [-0.1, -0.05) is 6.07 Å². The van der Waals surface area contributed by atoms with Gasteiger partial charge in [0.05, 0.1) is 4.90 Å². The number of piperidine rings is 1. The van der Waals surface area contributed by atoms with E-state index < -0.39 is 32.7 Å². The molecule has 154 valence electrons. The Labute approximate surface area is 168 Å². The fourth-order valence-corrected chi connectivity index (χ4v) is 4.91. The normalized spacial score (nSPS) is 15.6. The molecule has 1 saturated heterocycles. The molecule has 0 unspecified atom stereocenters. The van der Waals surface area contributed by atoms with Crippen molar-refractivity contribution in [2.24, 2.45) is 0 Å². The summed E-state index contributed by atoms with van der Waals surface area (Å²) in [7, 11) is -3.96.